The van der Waals surface area contributed by atoms with Gasteiger partial charge < -0.3 is 11.1 Å². The molecule has 17 heavy (non-hydrogen) atoms. The molecule has 1 rings (SSSR count). The molecule has 0 aromatic heterocycles. The van der Waals surface area contributed by atoms with Gasteiger partial charge in [0.05, 0.1) is 0 Å². The number of primary amides is 1. The van der Waals surface area contributed by atoms with Crippen molar-refractivity contribution in [1.82, 2.24) is 5.32 Å². The molecule has 1 aromatic carbocycles. The van der Waals surface area contributed by atoms with Gasteiger partial charge in [0, 0.05) is 10.2 Å². The molecule has 4 N–H and O–H groups in total. The Labute approximate surface area is 108 Å². The SMILES string of the molecule is Cc1cc(Br)cc(NC(C)C(=O)NC(N)=O)c1. The highest BCUT2D eigenvalue weighted by molar-refractivity contribution is 9.10. The lowest BCUT2D eigenvalue weighted by atomic mass is 10.2. The molecule has 5 nitrogen and oxygen atoms in total. The zero-order valence-electron chi connectivity index (χ0n) is 9.58. The summed E-state index contributed by atoms with van der Waals surface area (Å²) in [5.74, 6) is -0.463. The predicted octanol–water partition coefficient (Wildman–Crippen LogP) is 1.75. The third kappa shape index (κ3) is 4.44. The molecule has 0 heterocycles. The summed E-state index contributed by atoms with van der Waals surface area (Å²) in [6.07, 6.45) is 0. The van der Waals surface area contributed by atoms with Gasteiger partial charge in [-0.1, -0.05) is 15.9 Å². The van der Waals surface area contributed by atoms with Crippen LogP contribution < -0.4 is 16.4 Å². The predicted molar refractivity (Wildman–Crippen MR) is 69.7 cm³/mol. The number of halogens is 1. The van der Waals surface area contributed by atoms with E-state index in [4.69, 9.17) is 5.73 Å². The van der Waals surface area contributed by atoms with Crippen molar-refractivity contribution < 1.29 is 9.59 Å². The second-order valence-electron chi connectivity index (χ2n) is 3.74. The standard InChI is InChI=1S/C11H14BrN3O2/c1-6-3-8(12)5-9(4-6)14-7(2)10(16)15-11(13)17/h3-5,7,14H,1-2H3,(H3,13,15,16,17). The first-order chi connectivity index (χ1) is 7.88. The first kappa shape index (κ1) is 13.5. The molecule has 1 atom stereocenters. The summed E-state index contributed by atoms with van der Waals surface area (Å²) in [6, 6.07) is 4.31. The van der Waals surface area contributed by atoms with Gasteiger partial charge in [0.1, 0.15) is 6.04 Å². The van der Waals surface area contributed by atoms with Gasteiger partial charge in [-0.25, -0.2) is 4.79 Å². The average Bonchev–Trinajstić information content (AvgIpc) is 2.14. The van der Waals surface area contributed by atoms with E-state index in [1.165, 1.54) is 0 Å². The van der Waals surface area contributed by atoms with Crippen LogP contribution in [0, 0.1) is 6.92 Å². The summed E-state index contributed by atoms with van der Waals surface area (Å²) in [5.41, 5.74) is 6.72. The largest absolute Gasteiger partial charge is 0.374 e. The van der Waals surface area contributed by atoms with E-state index in [-0.39, 0.29) is 0 Å². The van der Waals surface area contributed by atoms with Crippen LogP contribution in [0.4, 0.5) is 10.5 Å². The van der Waals surface area contributed by atoms with Gasteiger partial charge in [0.15, 0.2) is 0 Å². The molecular formula is C11H14BrN3O2. The fourth-order valence-electron chi connectivity index (χ4n) is 1.36. The minimum atomic E-state index is -0.853. The molecule has 0 bridgehead atoms. The molecule has 92 valence electrons. The van der Waals surface area contributed by atoms with E-state index in [0.717, 1.165) is 15.7 Å². The van der Waals surface area contributed by atoms with Crippen LogP contribution in [-0.2, 0) is 4.79 Å². The van der Waals surface area contributed by atoms with E-state index < -0.39 is 18.0 Å². The second kappa shape index (κ2) is 5.67. The van der Waals surface area contributed by atoms with E-state index >= 15 is 0 Å². The average molecular weight is 300 g/mol. The number of amides is 3. The van der Waals surface area contributed by atoms with Crippen molar-refractivity contribution in [2.24, 2.45) is 5.73 Å². The Balaban J connectivity index is 2.70. The van der Waals surface area contributed by atoms with Crippen LogP contribution in [0.15, 0.2) is 22.7 Å². The molecule has 3 amide bonds. The fraction of sp³-hybridized carbons (Fsp3) is 0.273. The number of hydrogen-bond donors (Lipinski definition) is 3. The highest BCUT2D eigenvalue weighted by atomic mass is 79.9. The lowest BCUT2D eigenvalue weighted by Gasteiger charge is -2.14. The zero-order valence-corrected chi connectivity index (χ0v) is 11.2. The Bertz CT molecular complexity index is 428. The molecule has 0 aliphatic heterocycles. The number of rotatable bonds is 3. The van der Waals surface area contributed by atoms with Gasteiger partial charge in [-0.3, -0.25) is 10.1 Å². The first-order valence-electron chi connectivity index (χ1n) is 5.02. The van der Waals surface area contributed by atoms with Crippen LogP contribution in [0.3, 0.4) is 0 Å². The number of aryl methyl sites for hydroxylation is 1. The van der Waals surface area contributed by atoms with Crippen molar-refractivity contribution in [2.75, 3.05) is 5.32 Å². The molecule has 1 aromatic rings. The van der Waals surface area contributed by atoms with Crippen LogP contribution >= 0.6 is 15.9 Å². The van der Waals surface area contributed by atoms with E-state index in [2.05, 4.69) is 21.2 Å². The van der Waals surface area contributed by atoms with Crippen LogP contribution in [0.5, 0.6) is 0 Å². The third-order valence-corrected chi connectivity index (χ3v) is 2.52. The molecule has 0 saturated heterocycles. The second-order valence-corrected chi connectivity index (χ2v) is 4.65. The van der Waals surface area contributed by atoms with Gasteiger partial charge >= 0.3 is 6.03 Å². The number of carbonyl (C=O) groups excluding carboxylic acids is 2. The maximum atomic E-state index is 11.4. The molecule has 0 saturated carbocycles. The number of urea groups is 1. The Kier molecular flexibility index (Phi) is 4.51. The normalized spacial score (nSPS) is 11.7. The molecular weight excluding hydrogens is 286 g/mol. The summed E-state index contributed by atoms with van der Waals surface area (Å²) in [5, 5.41) is 5.00. The number of benzene rings is 1. The Morgan fingerprint density at radius 2 is 2.00 bits per heavy atom. The van der Waals surface area contributed by atoms with Gasteiger partial charge in [0.2, 0.25) is 5.91 Å². The maximum Gasteiger partial charge on any atom is 0.318 e. The van der Waals surface area contributed by atoms with Gasteiger partial charge in [-0.15, -0.1) is 0 Å². The van der Waals surface area contributed by atoms with E-state index in [0.29, 0.717) is 0 Å². The van der Waals surface area contributed by atoms with Crippen molar-refractivity contribution >= 4 is 33.6 Å². The highest BCUT2D eigenvalue weighted by Crippen LogP contribution is 2.19. The number of nitrogens with one attached hydrogen (secondary N) is 2. The van der Waals surface area contributed by atoms with Crippen molar-refractivity contribution in [3.05, 3.63) is 28.2 Å². The van der Waals surface area contributed by atoms with Gasteiger partial charge in [-0.05, 0) is 37.6 Å². The quantitative estimate of drug-likeness (QED) is 0.795. The number of nitrogens with two attached hydrogens (primary N) is 1. The maximum absolute atomic E-state index is 11.4. The highest BCUT2D eigenvalue weighted by Gasteiger charge is 2.14. The summed E-state index contributed by atoms with van der Waals surface area (Å²) in [4.78, 5) is 22.0. The molecule has 1 unspecified atom stereocenters. The smallest absolute Gasteiger partial charge is 0.318 e. The van der Waals surface area contributed by atoms with Crippen molar-refractivity contribution in [2.45, 2.75) is 19.9 Å². The molecule has 0 aliphatic rings. The lowest BCUT2D eigenvalue weighted by Crippen LogP contribution is -2.43. The summed E-state index contributed by atoms with van der Waals surface area (Å²) < 4.78 is 0.919. The fourth-order valence-corrected chi connectivity index (χ4v) is 1.97. The first-order valence-corrected chi connectivity index (χ1v) is 5.82. The minimum Gasteiger partial charge on any atom is -0.374 e. The Morgan fingerprint density at radius 3 is 2.53 bits per heavy atom. The van der Waals surface area contributed by atoms with Crippen LogP contribution in [0.1, 0.15) is 12.5 Å². The molecule has 0 spiro atoms. The van der Waals surface area contributed by atoms with Crippen LogP contribution in [-0.4, -0.2) is 18.0 Å². The molecule has 0 radical (unpaired) electrons. The minimum absolute atomic E-state index is 0.463. The Morgan fingerprint density at radius 1 is 1.35 bits per heavy atom. The van der Waals surface area contributed by atoms with Gasteiger partial charge in [-0.2, -0.15) is 0 Å². The third-order valence-electron chi connectivity index (χ3n) is 2.06. The summed E-state index contributed by atoms with van der Waals surface area (Å²) >= 11 is 3.37. The van der Waals surface area contributed by atoms with E-state index in [1.54, 1.807) is 6.92 Å². The summed E-state index contributed by atoms with van der Waals surface area (Å²) in [6.45, 7) is 3.60. The van der Waals surface area contributed by atoms with Gasteiger partial charge in [0.25, 0.3) is 0 Å². The Hall–Kier alpha value is -1.56. The van der Waals surface area contributed by atoms with E-state index in [1.807, 2.05) is 30.4 Å². The number of hydrogen-bond acceptors (Lipinski definition) is 3. The monoisotopic (exact) mass is 299 g/mol. The zero-order chi connectivity index (χ0) is 13.0. The lowest BCUT2D eigenvalue weighted by molar-refractivity contribution is -0.120. The van der Waals surface area contributed by atoms with Crippen LogP contribution in [0.2, 0.25) is 0 Å². The molecule has 0 aliphatic carbocycles. The van der Waals surface area contributed by atoms with Crippen molar-refractivity contribution in [3.63, 3.8) is 0 Å². The summed E-state index contributed by atoms with van der Waals surface area (Å²) in [7, 11) is 0. The number of anilines is 1. The number of imide groups is 1. The van der Waals surface area contributed by atoms with Crippen LogP contribution in [0.25, 0.3) is 0 Å². The number of carbonyl (C=O) groups is 2. The van der Waals surface area contributed by atoms with Crippen molar-refractivity contribution in [1.29, 1.82) is 0 Å². The van der Waals surface area contributed by atoms with Crippen molar-refractivity contribution in [3.8, 4) is 0 Å². The molecule has 0 fully saturated rings. The topological polar surface area (TPSA) is 84.2 Å². The molecule has 6 heteroatoms. The van der Waals surface area contributed by atoms with E-state index in [9.17, 15) is 9.59 Å².